The highest BCUT2D eigenvalue weighted by molar-refractivity contribution is 6.08. The van der Waals surface area contributed by atoms with Gasteiger partial charge in [-0.2, -0.15) is 0 Å². The number of aliphatic hydroxyl groups is 1. The van der Waals surface area contributed by atoms with Crippen LogP contribution in [0.15, 0.2) is 48.5 Å². The van der Waals surface area contributed by atoms with E-state index in [0.717, 1.165) is 27.7 Å². The van der Waals surface area contributed by atoms with Crippen LogP contribution in [0.25, 0.3) is 10.9 Å². The van der Waals surface area contributed by atoms with Crippen molar-refractivity contribution in [2.45, 2.75) is 20.0 Å². The molecule has 0 fully saturated rings. The van der Waals surface area contributed by atoms with Crippen molar-refractivity contribution in [3.8, 4) is 0 Å². The second-order valence-corrected chi connectivity index (χ2v) is 5.75. The molecule has 1 atom stereocenters. The van der Waals surface area contributed by atoms with Crippen LogP contribution in [-0.4, -0.2) is 22.5 Å². The fourth-order valence-electron chi connectivity index (χ4n) is 2.92. The molecule has 0 spiro atoms. The first-order valence-electron chi connectivity index (χ1n) is 7.67. The van der Waals surface area contributed by atoms with E-state index in [9.17, 15) is 9.90 Å². The number of H-pyrrole nitrogens is 1. The molecule has 0 aliphatic carbocycles. The number of hydrogen-bond acceptors (Lipinski definition) is 2. The predicted octanol–water partition coefficient (Wildman–Crippen LogP) is 3.25. The summed E-state index contributed by atoms with van der Waals surface area (Å²) in [4.78, 5) is 15.7. The summed E-state index contributed by atoms with van der Waals surface area (Å²) in [6.07, 6.45) is -0.717. The third-order valence-corrected chi connectivity index (χ3v) is 4.12. The molecule has 1 aromatic heterocycles. The molecule has 3 N–H and O–H groups in total. The van der Waals surface area contributed by atoms with Gasteiger partial charge < -0.3 is 15.4 Å². The van der Waals surface area contributed by atoms with Crippen LogP contribution in [0.2, 0.25) is 0 Å². The number of carbonyl (C=O) groups is 1. The number of aryl methyl sites for hydroxylation is 2. The molecule has 23 heavy (non-hydrogen) atoms. The second kappa shape index (κ2) is 6.26. The van der Waals surface area contributed by atoms with E-state index in [-0.39, 0.29) is 12.5 Å². The van der Waals surface area contributed by atoms with Gasteiger partial charge in [-0.05, 0) is 31.0 Å². The quantitative estimate of drug-likeness (QED) is 0.692. The average molecular weight is 308 g/mol. The predicted molar refractivity (Wildman–Crippen MR) is 91.5 cm³/mol. The Morgan fingerprint density at radius 3 is 2.61 bits per heavy atom. The van der Waals surface area contributed by atoms with Crippen LogP contribution in [0.5, 0.6) is 0 Å². The first-order chi connectivity index (χ1) is 11.1. The van der Waals surface area contributed by atoms with Crippen LogP contribution >= 0.6 is 0 Å². The third kappa shape index (κ3) is 2.98. The van der Waals surface area contributed by atoms with Gasteiger partial charge in [0.1, 0.15) is 0 Å². The molecular weight excluding hydrogens is 288 g/mol. The van der Waals surface area contributed by atoms with Gasteiger partial charge in [0, 0.05) is 23.1 Å². The zero-order valence-corrected chi connectivity index (χ0v) is 13.3. The summed E-state index contributed by atoms with van der Waals surface area (Å²) in [6.45, 7) is 4.01. The molecule has 4 nitrogen and oxygen atoms in total. The molecular formula is C19H20N2O2. The average Bonchev–Trinajstić information content (AvgIpc) is 2.88. The van der Waals surface area contributed by atoms with Crippen molar-refractivity contribution in [2.24, 2.45) is 0 Å². The first-order valence-corrected chi connectivity index (χ1v) is 7.67. The zero-order chi connectivity index (χ0) is 16.4. The van der Waals surface area contributed by atoms with E-state index in [1.165, 1.54) is 0 Å². The Balaban J connectivity index is 1.77. The number of aliphatic hydroxyl groups excluding tert-OH is 1. The highest BCUT2D eigenvalue weighted by atomic mass is 16.3. The van der Waals surface area contributed by atoms with Crippen molar-refractivity contribution in [1.82, 2.24) is 10.3 Å². The minimum atomic E-state index is -0.717. The molecule has 0 aliphatic heterocycles. The molecule has 0 saturated carbocycles. The molecule has 118 valence electrons. The number of hydrogen-bond donors (Lipinski definition) is 3. The molecule has 0 saturated heterocycles. The molecule has 1 unspecified atom stereocenters. The molecule has 0 aliphatic rings. The van der Waals surface area contributed by atoms with Crippen LogP contribution in [0.1, 0.15) is 33.3 Å². The van der Waals surface area contributed by atoms with Gasteiger partial charge in [0.05, 0.1) is 11.7 Å². The van der Waals surface area contributed by atoms with Crippen molar-refractivity contribution >= 4 is 16.8 Å². The number of nitrogens with one attached hydrogen (secondary N) is 2. The maximum absolute atomic E-state index is 12.5. The molecule has 3 rings (SSSR count). The lowest BCUT2D eigenvalue weighted by Crippen LogP contribution is -2.29. The summed E-state index contributed by atoms with van der Waals surface area (Å²) in [5, 5.41) is 14.0. The van der Waals surface area contributed by atoms with Crippen LogP contribution < -0.4 is 5.32 Å². The third-order valence-electron chi connectivity index (χ3n) is 4.12. The number of rotatable bonds is 4. The fourth-order valence-corrected chi connectivity index (χ4v) is 2.92. The van der Waals surface area contributed by atoms with Crippen LogP contribution in [-0.2, 0) is 0 Å². The molecule has 2 aromatic carbocycles. The van der Waals surface area contributed by atoms with E-state index in [1.807, 2.05) is 62.4 Å². The number of aromatic amines is 1. The number of benzene rings is 2. The Morgan fingerprint density at radius 2 is 1.83 bits per heavy atom. The minimum Gasteiger partial charge on any atom is -0.387 e. The van der Waals surface area contributed by atoms with E-state index in [0.29, 0.717) is 5.56 Å². The highest BCUT2D eigenvalue weighted by Gasteiger charge is 2.17. The van der Waals surface area contributed by atoms with Crippen LogP contribution in [0.4, 0.5) is 0 Å². The zero-order valence-electron chi connectivity index (χ0n) is 13.3. The van der Waals surface area contributed by atoms with Gasteiger partial charge in [-0.15, -0.1) is 0 Å². The van der Waals surface area contributed by atoms with Gasteiger partial charge in [0.2, 0.25) is 0 Å². The number of para-hydroxylation sites is 1. The summed E-state index contributed by atoms with van der Waals surface area (Å²) < 4.78 is 0. The Labute approximate surface area is 135 Å². The fraction of sp³-hybridized carbons (Fsp3) is 0.211. The van der Waals surface area contributed by atoms with Gasteiger partial charge >= 0.3 is 0 Å². The smallest absolute Gasteiger partial charge is 0.253 e. The van der Waals surface area contributed by atoms with Gasteiger partial charge in [-0.1, -0.05) is 42.5 Å². The van der Waals surface area contributed by atoms with Crippen molar-refractivity contribution < 1.29 is 9.90 Å². The SMILES string of the molecule is Cc1ccccc1C(O)CNC(=O)c1c(C)[nH]c2ccccc12. The molecule has 0 radical (unpaired) electrons. The summed E-state index contributed by atoms with van der Waals surface area (Å²) in [6, 6.07) is 15.4. The first kappa shape index (κ1) is 15.3. The molecule has 0 bridgehead atoms. The van der Waals surface area contributed by atoms with E-state index >= 15 is 0 Å². The van der Waals surface area contributed by atoms with E-state index in [1.54, 1.807) is 0 Å². The topological polar surface area (TPSA) is 65.1 Å². The standard InChI is InChI=1S/C19H20N2O2/c1-12-7-3-4-8-14(12)17(22)11-20-19(23)18-13(2)21-16-10-6-5-9-15(16)18/h3-10,17,21-22H,11H2,1-2H3,(H,20,23). The Kier molecular flexibility index (Phi) is 4.17. The number of carbonyl (C=O) groups excluding carboxylic acids is 1. The second-order valence-electron chi connectivity index (χ2n) is 5.75. The van der Waals surface area contributed by atoms with Crippen molar-refractivity contribution in [3.05, 3.63) is 70.9 Å². The highest BCUT2D eigenvalue weighted by Crippen LogP contribution is 2.22. The van der Waals surface area contributed by atoms with Gasteiger partial charge in [-0.3, -0.25) is 4.79 Å². The van der Waals surface area contributed by atoms with Crippen molar-refractivity contribution in [3.63, 3.8) is 0 Å². The Bertz CT molecular complexity index is 851. The Hall–Kier alpha value is -2.59. The van der Waals surface area contributed by atoms with E-state index in [2.05, 4.69) is 10.3 Å². The monoisotopic (exact) mass is 308 g/mol. The lowest BCUT2D eigenvalue weighted by molar-refractivity contribution is 0.0917. The summed E-state index contributed by atoms with van der Waals surface area (Å²) in [7, 11) is 0. The lowest BCUT2D eigenvalue weighted by Gasteiger charge is -2.14. The van der Waals surface area contributed by atoms with E-state index < -0.39 is 6.10 Å². The molecule has 1 heterocycles. The molecule has 3 aromatic rings. The summed E-state index contributed by atoms with van der Waals surface area (Å²) in [5.41, 5.74) is 4.25. The number of fused-ring (bicyclic) bond motifs is 1. The lowest BCUT2D eigenvalue weighted by atomic mass is 10.0. The molecule has 4 heteroatoms. The van der Waals surface area contributed by atoms with Gasteiger partial charge in [0.25, 0.3) is 5.91 Å². The molecule has 1 amide bonds. The van der Waals surface area contributed by atoms with Gasteiger partial charge in [0.15, 0.2) is 0 Å². The number of amides is 1. The minimum absolute atomic E-state index is 0.174. The maximum atomic E-state index is 12.5. The summed E-state index contributed by atoms with van der Waals surface area (Å²) in [5.74, 6) is -0.174. The Morgan fingerprint density at radius 1 is 1.13 bits per heavy atom. The maximum Gasteiger partial charge on any atom is 0.253 e. The largest absolute Gasteiger partial charge is 0.387 e. The number of aromatic nitrogens is 1. The van der Waals surface area contributed by atoms with Crippen LogP contribution in [0, 0.1) is 13.8 Å². The van der Waals surface area contributed by atoms with Crippen LogP contribution in [0.3, 0.4) is 0 Å². The van der Waals surface area contributed by atoms with Crippen molar-refractivity contribution in [1.29, 1.82) is 0 Å². The van der Waals surface area contributed by atoms with E-state index in [4.69, 9.17) is 0 Å². The van der Waals surface area contributed by atoms with Gasteiger partial charge in [-0.25, -0.2) is 0 Å². The normalized spacial score (nSPS) is 12.3. The summed E-state index contributed by atoms with van der Waals surface area (Å²) >= 11 is 0. The van der Waals surface area contributed by atoms with Crippen molar-refractivity contribution in [2.75, 3.05) is 6.54 Å².